The summed E-state index contributed by atoms with van der Waals surface area (Å²) in [5, 5.41) is 3.69. The number of benzene rings is 2. The standard InChI is InChI=1S/C19H24BrN/c1-14-7-6-8-17(13-14)12-11-15(2)21-16(3)18-9-4-5-10-19(18)20/h4-10,13,15-16,21H,11-12H2,1-3H3/t15?,16-/m1/s1. The van der Waals surface area contributed by atoms with Crippen LogP contribution in [0, 0.1) is 6.92 Å². The zero-order valence-electron chi connectivity index (χ0n) is 13.1. The van der Waals surface area contributed by atoms with E-state index in [-0.39, 0.29) is 0 Å². The summed E-state index contributed by atoms with van der Waals surface area (Å²) in [7, 11) is 0. The molecule has 2 heteroatoms. The minimum absolute atomic E-state index is 0.355. The molecular weight excluding hydrogens is 322 g/mol. The van der Waals surface area contributed by atoms with Crippen LogP contribution in [0.4, 0.5) is 0 Å². The molecule has 0 spiro atoms. The Bertz CT molecular complexity index is 579. The fourth-order valence-corrected chi connectivity index (χ4v) is 3.31. The van der Waals surface area contributed by atoms with E-state index < -0.39 is 0 Å². The highest BCUT2D eigenvalue weighted by Gasteiger charge is 2.11. The Morgan fingerprint density at radius 2 is 1.81 bits per heavy atom. The van der Waals surface area contributed by atoms with Gasteiger partial charge in [0.2, 0.25) is 0 Å². The van der Waals surface area contributed by atoms with Crippen LogP contribution in [-0.2, 0) is 6.42 Å². The second-order valence-corrected chi connectivity index (χ2v) is 6.69. The van der Waals surface area contributed by atoms with E-state index >= 15 is 0 Å². The van der Waals surface area contributed by atoms with Crippen LogP contribution in [0.3, 0.4) is 0 Å². The molecule has 0 saturated carbocycles. The van der Waals surface area contributed by atoms with Gasteiger partial charge in [0.1, 0.15) is 0 Å². The van der Waals surface area contributed by atoms with Gasteiger partial charge in [-0.05, 0) is 50.8 Å². The van der Waals surface area contributed by atoms with Crippen molar-refractivity contribution < 1.29 is 0 Å². The minimum Gasteiger partial charge on any atom is -0.308 e. The van der Waals surface area contributed by atoms with Crippen LogP contribution in [-0.4, -0.2) is 6.04 Å². The number of hydrogen-bond acceptors (Lipinski definition) is 1. The molecule has 112 valence electrons. The fourth-order valence-electron chi connectivity index (χ4n) is 2.68. The van der Waals surface area contributed by atoms with Gasteiger partial charge >= 0.3 is 0 Å². The number of rotatable bonds is 6. The maximum Gasteiger partial charge on any atom is 0.0305 e. The second kappa shape index (κ2) is 7.77. The summed E-state index contributed by atoms with van der Waals surface area (Å²) in [6, 6.07) is 18.1. The van der Waals surface area contributed by atoms with Crippen LogP contribution in [0.15, 0.2) is 53.0 Å². The quantitative estimate of drug-likeness (QED) is 0.735. The molecule has 0 fully saturated rings. The van der Waals surface area contributed by atoms with Crippen LogP contribution >= 0.6 is 15.9 Å². The molecule has 0 radical (unpaired) electrons. The fraction of sp³-hybridized carbons (Fsp3) is 0.368. The van der Waals surface area contributed by atoms with Crippen LogP contribution < -0.4 is 5.32 Å². The molecule has 0 aliphatic rings. The molecule has 0 amide bonds. The van der Waals surface area contributed by atoms with Crippen molar-refractivity contribution in [3.8, 4) is 0 Å². The predicted molar refractivity (Wildman–Crippen MR) is 94.7 cm³/mol. The Balaban J connectivity index is 1.87. The highest BCUT2D eigenvalue weighted by Crippen LogP contribution is 2.23. The summed E-state index contributed by atoms with van der Waals surface area (Å²) < 4.78 is 1.18. The van der Waals surface area contributed by atoms with Gasteiger partial charge in [-0.2, -0.15) is 0 Å². The third-order valence-electron chi connectivity index (χ3n) is 3.85. The average Bonchev–Trinajstić information content (AvgIpc) is 2.45. The molecule has 0 heterocycles. The van der Waals surface area contributed by atoms with Crippen molar-refractivity contribution in [1.82, 2.24) is 5.32 Å². The number of nitrogens with one attached hydrogen (secondary N) is 1. The van der Waals surface area contributed by atoms with E-state index in [1.165, 1.54) is 21.2 Å². The molecule has 2 aromatic rings. The van der Waals surface area contributed by atoms with Gasteiger partial charge in [0.15, 0.2) is 0 Å². The molecule has 2 aromatic carbocycles. The van der Waals surface area contributed by atoms with Crippen molar-refractivity contribution >= 4 is 15.9 Å². The first-order valence-corrected chi connectivity index (χ1v) is 8.41. The summed E-state index contributed by atoms with van der Waals surface area (Å²) in [5.74, 6) is 0. The van der Waals surface area contributed by atoms with Crippen molar-refractivity contribution in [3.05, 3.63) is 69.7 Å². The number of aryl methyl sites for hydroxylation is 2. The molecule has 1 unspecified atom stereocenters. The molecule has 0 aliphatic carbocycles. The van der Waals surface area contributed by atoms with Crippen LogP contribution in [0.1, 0.15) is 43.0 Å². The van der Waals surface area contributed by atoms with E-state index in [0.717, 1.165) is 12.8 Å². The van der Waals surface area contributed by atoms with E-state index in [4.69, 9.17) is 0 Å². The largest absolute Gasteiger partial charge is 0.308 e. The smallest absolute Gasteiger partial charge is 0.0305 e. The summed E-state index contributed by atoms with van der Waals surface area (Å²) in [4.78, 5) is 0. The lowest BCUT2D eigenvalue weighted by Crippen LogP contribution is -2.29. The van der Waals surface area contributed by atoms with Gasteiger partial charge in [-0.3, -0.25) is 0 Å². The summed E-state index contributed by atoms with van der Waals surface area (Å²) in [5.41, 5.74) is 4.09. The Morgan fingerprint density at radius 1 is 1.05 bits per heavy atom. The third kappa shape index (κ3) is 4.98. The average molecular weight is 346 g/mol. The van der Waals surface area contributed by atoms with Gasteiger partial charge in [0.05, 0.1) is 0 Å². The second-order valence-electron chi connectivity index (χ2n) is 5.84. The topological polar surface area (TPSA) is 12.0 Å². The summed E-state index contributed by atoms with van der Waals surface area (Å²) in [6.45, 7) is 6.65. The normalized spacial score (nSPS) is 13.9. The number of halogens is 1. The van der Waals surface area contributed by atoms with Crippen molar-refractivity contribution in [2.24, 2.45) is 0 Å². The van der Waals surface area contributed by atoms with Gasteiger partial charge in [-0.15, -0.1) is 0 Å². The highest BCUT2D eigenvalue weighted by atomic mass is 79.9. The lowest BCUT2D eigenvalue weighted by Gasteiger charge is -2.21. The van der Waals surface area contributed by atoms with E-state index in [0.29, 0.717) is 12.1 Å². The zero-order valence-corrected chi connectivity index (χ0v) is 14.7. The first-order chi connectivity index (χ1) is 10.1. The molecular formula is C19H24BrN. The van der Waals surface area contributed by atoms with Gasteiger partial charge < -0.3 is 5.32 Å². The maximum absolute atomic E-state index is 3.69. The molecule has 0 saturated heterocycles. The number of hydrogen-bond donors (Lipinski definition) is 1. The van der Waals surface area contributed by atoms with Gasteiger partial charge in [0, 0.05) is 16.6 Å². The lowest BCUT2D eigenvalue weighted by molar-refractivity contribution is 0.455. The Labute approximate surface area is 136 Å². The van der Waals surface area contributed by atoms with Crippen molar-refractivity contribution in [1.29, 1.82) is 0 Å². The van der Waals surface area contributed by atoms with E-state index in [1.807, 2.05) is 0 Å². The van der Waals surface area contributed by atoms with E-state index in [2.05, 4.69) is 90.5 Å². The monoisotopic (exact) mass is 345 g/mol. The molecule has 2 rings (SSSR count). The van der Waals surface area contributed by atoms with Crippen LogP contribution in [0.2, 0.25) is 0 Å². The molecule has 2 atom stereocenters. The minimum atomic E-state index is 0.355. The van der Waals surface area contributed by atoms with Gasteiger partial charge in [-0.1, -0.05) is 64.0 Å². The SMILES string of the molecule is Cc1cccc(CCC(C)N[C@H](C)c2ccccc2Br)c1. The molecule has 0 bridgehead atoms. The molecule has 21 heavy (non-hydrogen) atoms. The molecule has 0 aliphatic heterocycles. The van der Waals surface area contributed by atoms with Crippen molar-refractivity contribution in [2.45, 2.75) is 45.7 Å². The predicted octanol–water partition coefficient (Wildman–Crippen LogP) is 5.43. The lowest BCUT2D eigenvalue weighted by atomic mass is 10.0. The summed E-state index contributed by atoms with van der Waals surface area (Å²) in [6.07, 6.45) is 2.27. The van der Waals surface area contributed by atoms with Crippen molar-refractivity contribution in [2.75, 3.05) is 0 Å². The van der Waals surface area contributed by atoms with Crippen molar-refractivity contribution in [3.63, 3.8) is 0 Å². The van der Waals surface area contributed by atoms with Crippen LogP contribution in [0.25, 0.3) is 0 Å². The molecule has 1 nitrogen and oxygen atoms in total. The van der Waals surface area contributed by atoms with E-state index in [9.17, 15) is 0 Å². The maximum atomic E-state index is 3.69. The first-order valence-electron chi connectivity index (χ1n) is 7.62. The van der Waals surface area contributed by atoms with E-state index in [1.54, 1.807) is 0 Å². The molecule has 0 aromatic heterocycles. The Kier molecular flexibility index (Phi) is 6.01. The Morgan fingerprint density at radius 3 is 2.52 bits per heavy atom. The third-order valence-corrected chi connectivity index (χ3v) is 4.58. The van der Waals surface area contributed by atoms with Gasteiger partial charge in [-0.25, -0.2) is 0 Å². The first kappa shape index (κ1) is 16.3. The highest BCUT2D eigenvalue weighted by molar-refractivity contribution is 9.10. The van der Waals surface area contributed by atoms with Gasteiger partial charge in [0.25, 0.3) is 0 Å². The zero-order chi connectivity index (χ0) is 15.2. The Hall–Kier alpha value is -1.12. The van der Waals surface area contributed by atoms with Crippen LogP contribution in [0.5, 0.6) is 0 Å². The molecule has 1 N–H and O–H groups in total. The summed E-state index contributed by atoms with van der Waals surface area (Å²) >= 11 is 3.63.